The molecule has 6 nitrogen and oxygen atoms in total. The van der Waals surface area contributed by atoms with E-state index in [9.17, 15) is 18.4 Å². The lowest BCUT2D eigenvalue weighted by Crippen LogP contribution is -2.43. The van der Waals surface area contributed by atoms with Gasteiger partial charge in [0, 0.05) is 17.5 Å². The van der Waals surface area contributed by atoms with Crippen LogP contribution in [0, 0.1) is 11.6 Å². The molecule has 2 amide bonds. The Kier molecular flexibility index (Phi) is 7.70. The Balaban J connectivity index is 1.80. The van der Waals surface area contributed by atoms with Crippen molar-refractivity contribution in [3.8, 4) is 0 Å². The quantitative estimate of drug-likeness (QED) is 0.451. The molecule has 3 aromatic rings. The van der Waals surface area contributed by atoms with E-state index in [1.807, 2.05) is 31.5 Å². The third kappa shape index (κ3) is 5.93. The molecule has 0 saturated heterocycles. The molecule has 0 unspecified atom stereocenters. The maximum absolute atomic E-state index is 14.3. The van der Waals surface area contributed by atoms with Crippen LogP contribution in [0.2, 0.25) is 0 Å². The maximum Gasteiger partial charge on any atom is 0.240 e. The van der Waals surface area contributed by atoms with Crippen molar-refractivity contribution in [2.45, 2.75) is 64.3 Å². The Labute approximate surface area is 226 Å². The van der Waals surface area contributed by atoms with Crippen molar-refractivity contribution >= 4 is 29.4 Å². The highest BCUT2D eigenvalue weighted by Crippen LogP contribution is 2.48. The number of aromatic nitrogens is 2. The number of rotatable bonds is 5. The van der Waals surface area contributed by atoms with Gasteiger partial charge in [-0.05, 0) is 56.2 Å². The Morgan fingerprint density at radius 2 is 1.74 bits per heavy atom. The highest BCUT2D eigenvalue weighted by Gasteiger charge is 2.41. The number of carbonyl (C=O) groups excluding carboxylic acids is 2. The van der Waals surface area contributed by atoms with Crippen LogP contribution in [0.3, 0.4) is 0 Å². The lowest BCUT2D eigenvalue weighted by molar-refractivity contribution is -0.123. The van der Waals surface area contributed by atoms with E-state index in [-0.39, 0.29) is 53.0 Å². The van der Waals surface area contributed by atoms with Crippen LogP contribution >= 0.6 is 11.8 Å². The summed E-state index contributed by atoms with van der Waals surface area (Å²) >= 11 is 1.41. The Morgan fingerprint density at radius 3 is 2.34 bits per heavy atom. The minimum absolute atomic E-state index is 0.120. The molecule has 1 aliphatic rings. The first-order valence-electron chi connectivity index (χ1n) is 12.6. The van der Waals surface area contributed by atoms with Gasteiger partial charge in [-0.3, -0.25) is 14.5 Å². The molecule has 0 radical (unpaired) electrons. The van der Waals surface area contributed by atoms with Gasteiger partial charge in [-0.1, -0.05) is 45.0 Å². The highest BCUT2D eigenvalue weighted by molar-refractivity contribution is 8.00. The molecule has 2 aromatic carbocycles. The summed E-state index contributed by atoms with van der Waals surface area (Å²) in [7, 11) is 0. The van der Waals surface area contributed by atoms with Gasteiger partial charge in [0.2, 0.25) is 11.8 Å². The summed E-state index contributed by atoms with van der Waals surface area (Å²) in [6.07, 6.45) is 0. The number of amides is 2. The highest BCUT2D eigenvalue weighted by atomic mass is 32.2. The minimum Gasteiger partial charge on any atom is -0.350 e. The summed E-state index contributed by atoms with van der Waals surface area (Å²) in [5.74, 6) is -0.589. The average molecular weight is 541 g/mol. The summed E-state index contributed by atoms with van der Waals surface area (Å²) in [6.45, 7) is 12.2. The van der Waals surface area contributed by atoms with Crippen LogP contribution in [0.5, 0.6) is 0 Å². The van der Waals surface area contributed by atoms with Crippen LogP contribution in [0.4, 0.5) is 14.6 Å². The van der Waals surface area contributed by atoms with E-state index in [1.165, 1.54) is 40.9 Å². The molecule has 1 atom stereocenters. The lowest BCUT2D eigenvalue weighted by atomic mass is 9.87. The molecule has 2 heterocycles. The van der Waals surface area contributed by atoms with Gasteiger partial charge in [0.1, 0.15) is 24.0 Å². The van der Waals surface area contributed by atoms with E-state index in [0.717, 1.165) is 22.4 Å². The predicted octanol–water partition coefficient (Wildman–Crippen LogP) is 5.70. The third-order valence-corrected chi connectivity index (χ3v) is 7.55. The molecular weight excluding hydrogens is 506 g/mol. The van der Waals surface area contributed by atoms with Crippen molar-refractivity contribution in [3.05, 3.63) is 82.5 Å². The predicted molar refractivity (Wildman–Crippen MR) is 147 cm³/mol. The van der Waals surface area contributed by atoms with Crippen LogP contribution in [0.15, 0.2) is 48.5 Å². The summed E-state index contributed by atoms with van der Waals surface area (Å²) < 4.78 is 29.4. The monoisotopic (exact) mass is 540 g/mol. The topological polar surface area (TPSA) is 67.2 Å². The van der Waals surface area contributed by atoms with Gasteiger partial charge in [-0.2, -0.15) is 5.10 Å². The second-order valence-corrected chi connectivity index (χ2v) is 12.6. The van der Waals surface area contributed by atoms with Gasteiger partial charge in [-0.15, -0.1) is 11.8 Å². The van der Waals surface area contributed by atoms with Crippen molar-refractivity contribution in [2.75, 3.05) is 17.2 Å². The van der Waals surface area contributed by atoms with Gasteiger partial charge in [0.25, 0.3) is 0 Å². The van der Waals surface area contributed by atoms with E-state index >= 15 is 0 Å². The Bertz CT molecular complexity index is 1340. The zero-order valence-corrected chi connectivity index (χ0v) is 23.5. The molecule has 1 aliphatic heterocycles. The molecule has 1 N–H and O–H groups in total. The zero-order chi connectivity index (χ0) is 27.8. The lowest BCUT2D eigenvalue weighted by Gasteiger charge is -2.29. The molecule has 1 aromatic heterocycles. The Morgan fingerprint density at radius 1 is 1.05 bits per heavy atom. The zero-order valence-electron chi connectivity index (χ0n) is 22.6. The Hall–Kier alpha value is -3.20. The van der Waals surface area contributed by atoms with Gasteiger partial charge in [-0.25, -0.2) is 13.5 Å². The smallest absolute Gasteiger partial charge is 0.240 e. The molecule has 0 fully saturated rings. The second-order valence-electron chi connectivity index (χ2n) is 11.5. The normalized spacial score (nSPS) is 16.3. The number of thioether (sulfide) groups is 1. The summed E-state index contributed by atoms with van der Waals surface area (Å²) in [4.78, 5) is 28.2. The number of benzene rings is 2. The first kappa shape index (κ1) is 27.8. The molecule has 0 saturated carbocycles. The van der Waals surface area contributed by atoms with E-state index in [2.05, 4.69) is 26.1 Å². The van der Waals surface area contributed by atoms with E-state index in [0.29, 0.717) is 5.82 Å². The first-order valence-corrected chi connectivity index (χ1v) is 13.6. The molecular formula is C29H34F2N4O2S. The number of nitrogens with one attached hydrogen (secondary N) is 1. The molecule has 0 aliphatic carbocycles. The summed E-state index contributed by atoms with van der Waals surface area (Å²) in [5.41, 5.74) is 2.23. The number of hydrogen-bond donors (Lipinski definition) is 1. The van der Waals surface area contributed by atoms with E-state index in [1.54, 1.807) is 18.2 Å². The van der Waals surface area contributed by atoms with Crippen molar-refractivity contribution in [1.29, 1.82) is 0 Å². The molecule has 38 heavy (non-hydrogen) atoms. The molecule has 0 bridgehead atoms. The van der Waals surface area contributed by atoms with Crippen molar-refractivity contribution < 1.29 is 18.4 Å². The van der Waals surface area contributed by atoms with E-state index < -0.39 is 5.54 Å². The van der Waals surface area contributed by atoms with Crippen LogP contribution in [-0.4, -0.2) is 33.9 Å². The maximum atomic E-state index is 14.3. The molecule has 202 valence electrons. The molecule has 9 heteroatoms. The minimum atomic E-state index is -0.502. The molecule has 0 spiro atoms. The van der Waals surface area contributed by atoms with Gasteiger partial charge >= 0.3 is 0 Å². The van der Waals surface area contributed by atoms with Crippen molar-refractivity contribution in [1.82, 2.24) is 15.1 Å². The van der Waals surface area contributed by atoms with Crippen molar-refractivity contribution in [2.24, 2.45) is 0 Å². The number of halogens is 2. The van der Waals surface area contributed by atoms with Gasteiger partial charge < -0.3 is 5.32 Å². The van der Waals surface area contributed by atoms with Crippen LogP contribution in [-0.2, 0) is 27.1 Å². The molecule has 4 rings (SSSR count). The largest absolute Gasteiger partial charge is 0.350 e. The summed E-state index contributed by atoms with van der Waals surface area (Å²) in [6, 6.07) is 12.3. The van der Waals surface area contributed by atoms with E-state index in [4.69, 9.17) is 5.10 Å². The number of anilines is 1. The standard InChI is InChI=1S/C29H34F2N4O2S/c1-28(2,3)26-24-25(19-8-7-9-21(31)14-19)38-17-23(37)34(27(24)35(33-26)29(4,5)6)16-22(36)32-15-18-10-12-20(30)13-11-18/h7-14,25H,15-17H2,1-6H3,(H,32,36)/t25-/m1/s1. The van der Waals surface area contributed by atoms with Crippen LogP contribution in [0.1, 0.15) is 69.2 Å². The third-order valence-electron chi connectivity index (χ3n) is 6.29. The van der Waals surface area contributed by atoms with Crippen LogP contribution < -0.4 is 10.2 Å². The van der Waals surface area contributed by atoms with Crippen molar-refractivity contribution in [3.63, 3.8) is 0 Å². The fourth-order valence-electron chi connectivity index (χ4n) is 4.48. The van der Waals surface area contributed by atoms with Gasteiger partial charge in [0.05, 0.1) is 22.2 Å². The summed E-state index contributed by atoms with van der Waals surface area (Å²) in [5, 5.41) is 7.51. The fraction of sp³-hybridized carbons (Fsp3) is 0.414. The second kappa shape index (κ2) is 10.5. The number of fused-ring (bicyclic) bond motifs is 1. The average Bonchev–Trinajstić information content (AvgIpc) is 3.18. The van der Waals surface area contributed by atoms with Crippen LogP contribution in [0.25, 0.3) is 0 Å². The number of carbonyl (C=O) groups is 2. The SMILES string of the molecule is CC(C)(C)c1nn(C(C)(C)C)c2c1[C@@H](c1cccc(F)c1)SCC(=O)N2CC(=O)NCc1ccc(F)cc1. The fourth-order valence-corrected chi connectivity index (χ4v) is 5.66. The first-order chi connectivity index (χ1) is 17.8. The number of hydrogen-bond acceptors (Lipinski definition) is 4. The van der Waals surface area contributed by atoms with Gasteiger partial charge in [0.15, 0.2) is 0 Å². The number of nitrogens with zero attached hydrogens (tertiary/aromatic N) is 3.